The fourth-order valence-electron chi connectivity index (χ4n) is 2.04. The Morgan fingerprint density at radius 2 is 1.94 bits per heavy atom. The normalized spacial score (nSPS) is 11.6. The Labute approximate surface area is 106 Å². The molecule has 0 aliphatic carbocycles. The Hall–Kier alpha value is -2.27. The number of hydrogen-bond acceptors (Lipinski definition) is 4. The first-order valence-corrected chi connectivity index (χ1v) is 5.73. The van der Waals surface area contributed by atoms with Gasteiger partial charge in [-0.05, 0) is 12.1 Å². The fourth-order valence-corrected chi connectivity index (χ4v) is 2.31. The van der Waals surface area contributed by atoms with E-state index in [9.17, 15) is 0 Å². The summed E-state index contributed by atoms with van der Waals surface area (Å²) in [6.45, 7) is 0. The van der Waals surface area contributed by atoms with Crippen molar-refractivity contribution in [1.82, 2.24) is 24.3 Å². The molecule has 0 fully saturated rings. The lowest BCUT2D eigenvalue weighted by atomic mass is 10.2. The molecule has 0 saturated carbocycles. The molecule has 0 aromatic carbocycles. The van der Waals surface area contributed by atoms with E-state index < -0.39 is 0 Å². The van der Waals surface area contributed by atoms with Crippen LogP contribution >= 0.6 is 11.6 Å². The van der Waals surface area contributed by atoms with Crippen LogP contribution in [0.15, 0.2) is 37.1 Å². The molecule has 0 atom stereocenters. The van der Waals surface area contributed by atoms with Crippen molar-refractivity contribution in [3.05, 3.63) is 42.1 Å². The molecule has 5 nitrogen and oxygen atoms in total. The maximum atomic E-state index is 6.37. The number of hydrogen-bond donors (Lipinski definition) is 0. The highest BCUT2D eigenvalue weighted by molar-refractivity contribution is 6.39. The van der Waals surface area contributed by atoms with Crippen LogP contribution in [0.4, 0.5) is 0 Å². The van der Waals surface area contributed by atoms with Crippen molar-refractivity contribution in [3.8, 4) is 0 Å². The fraction of sp³-hybridized carbons (Fsp3) is 0. The number of rotatable bonds is 0. The lowest BCUT2D eigenvalue weighted by Crippen LogP contribution is -1.89. The van der Waals surface area contributed by atoms with E-state index in [0.717, 1.165) is 16.6 Å². The summed E-state index contributed by atoms with van der Waals surface area (Å²) in [7, 11) is 0. The van der Waals surface area contributed by atoms with E-state index in [0.29, 0.717) is 16.2 Å². The Bertz CT molecular complexity index is 899. The second-order valence-corrected chi connectivity index (χ2v) is 4.29. The van der Waals surface area contributed by atoms with E-state index in [1.165, 1.54) is 0 Å². The maximum absolute atomic E-state index is 6.37. The molecule has 6 heteroatoms. The Balaban J connectivity index is 2.33. The van der Waals surface area contributed by atoms with Crippen molar-refractivity contribution < 1.29 is 0 Å². The zero-order chi connectivity index (χ0) is 12.1. The standard InChI is InChI=1S/C12H6ClN5/c13-10-7-5-14-3-1-8(7)16-12-11(10)17-9-2-4-15-6-18(9)12/h1-6H. The molecule has 0 unspecified atom stereocenters. The third kappa shape index (κ3) is 1.16. The summed E-state index contributed by atoms with van der Waals surface area (Å²) in [5, 5.41) is 1.38. The summed E-state index contributed by atoms with van der Waals surface area (Å²) in [5.41, 5.74) is 2.96. The van der Waals surface area contributed by atoms with E-state index in [2.05, 4.69) is 19.9 Å². The van der Waals surface area contributed by atoms with Crippen LogP contribution < -0.4 is 0 Å². The van der Waals surface area contributed by atoms with E-state index in [1.54, 1.807) is 24.9 Å². The van der Waals surface area contributed by atoms with Crippen LogP contribution in [0.1, 0.15) is 0 Å². The molecule has 0 amide bonds. The average molecular weight is 256 g/mol. The van der Waals surface area contributed by atoms with Gasteiger partial charge in [0.05, 0.1) is 10.5 Å². The Kier molecular flexibility index (Phi) is 1.82. The summed E-state index contributed by atoms with van der Waals surface area (Å²) in [4.78, 5) is 17.2. The number of nitrogens with zero attached hydrogens (tertiary/aromatic N) is 5. The molecule has 0 saturated heterocycles. The van der Waals surface area contributed by atoms with Crippen LogP contribution in [0.5, 0.6) is 0 Å². The zero-order valence-corrected chi connectivity index (χ0v) is 9.83. The first-order chi connectivity index (χ1) is 8.84. The summed E-state index contributed by atoms with van der Waals surface area (Å²) in [6.07, 6.45) is 6.77. The van der Waals surface area contributed by atoms with Crippen LogP contribution in [-0.4, -0.2) is 24.3 Å². The average Bonchev–Trinajstić information content (AvgIpc) is 2.79. The van der Waals surface area contributed by atoms with Gasteiger partial charge in [0.1, 0.15) is 17.5 Å². The topological polar surface area (TPSA) is 56.0 Å². The Morgan fingerprint density at radius 1 is 1.06 bits per heavy atom. The number of fused-ring (bicyclic) bond motifs is 4. The van der Waals surface area contributed by atoms with Crippen molar-refractivity contribution in [3.63, 3.8) is 0 Å². The van der Waals surface area contributed by atoms with Crippen molar-refractivity contribution >= 4 is 39.3 Å². The number of pyridine rings is 2. The number of imidazole rings is 1. The highest BCUT2D eigenvalue weighted by atomic mass is 35.5. The lowest BCUT2D eigenvalue weighted by Gasteiger charge is -2.00. The van der Waals surface area contributed by atoms with Gasteiger partial charge in [-0.15, -0.1) is 0 Å². The summed E-state index contributed by atoms with van der Waals surface area (Å²) < 4.78 is 1.82. The first-order valence-electron chi connectivity index (χ1n) is 5.35. The Morgan fingerprint density at radius 3 is 2.89 bits per heavy atom. The van der Waals surface area contributed by atoms with Gasteiger partial charge in [0, 0.05) is 24.0 Å². The van der Waals surface area contributed by atoms with Gasteiger partial charge in [0.15, 0.2) is 5.65 Å². The molecule has 0 spiro atoms. The molecule has 0 aliphatic rings. The quantitative estimate of drug-likeness (QED) is 0.484. The third-order valence-electron chi connectivity index (χ3n) is 2.87. The largest absolute Gasteiger partial charge is 0.267 e. The molecular weight excluding hydrogens is 250 g/mol. The third-order valence-corrected chi connectivity index (χ3v) is 3.26. The highest BCUT2D eigenvalue weighted by Gasteiger charge is 2.12. The summed E-state index contributed by atoms with van der Waals surface area (Å²) in [6, 6.07) is 3.65. The molecule has 0 aliphatic heterocycles. The van der Waals surface area contributed by atoms with Crippen LogP contribution in [0.2, 0.25) is 5.02 Å². The van der Waals surface area contributed by atoms with E-state index in [4.69, 9.17) is 11.6 Å². The van der Waals surface area contributed by atoms with Crippen molar-refractivity contribution in [2.75, 3.05) is 0 Å². The maximum Gasteiger partial charge on any atom is 0.167 e. The van der Waals surface area contributed by atoms with E-state index in [1.807, 2.05) is 16.5 Å². The van der Waals surface area contributed by atoms with Crippen molar-refractivity contribution in [1.29, 1.82) is 0 Å². The molecule has 4 rings (SSSR count). The van der Waals surface area contributed by atoms with Crippen LogP contribution in [-0.2, 0) is 0 Å². The van der Waals surface area contributed by atoms with Gasteiger partial charge in [0.25, 0.3) is 0 Å². The predicted octanol–water partition coefficient (Wildman–Crippen LogP) is 2.48. The molecule has 86 valence electrons. The molecule has 0 bridgehead atoms. The minimum Gasteiger partial charge on any atom is -0.267 e. The van der Waals surface area contributed by atoms with Crippen molar-refractivity contribution in [2.24, 2.45) is 0 Å². The molecule has 0 N–H and O–H groups in total. The second kappa shape index (κ2) is 3.36. The minimum atomic E-state index is 0.576. The van der Waals surface area contributed by atoms with E-state index >= 15 is 0 Å². The molecule has 0 radical (unpaired) electrons. The minimum absolute atomic E-state index is 0.576. The summed E-state index contributed by atoms with van der Waals surface area (Å²) in [5.74, 6) is 0. The van der Waals surface area contributed by atoms with Crippen LogP contribution in [0.25, 0.3) is 27.7 Å². The van der Waals surface area contributed by atoms with Gasteiger partial charge < -0.3 is 0 Å². The molecule has 4 heterocycles. The van der Waals surface area contributed by atoms with Gasteiger partial charge in [0.2, 0.25) is 0 Å². The van der Waals surface area contributed by atoms with Gasteiger partial charge in [-0.2, -0.15) is 0 Å². The van der Waals surface area contributed by atoms with Gasteiger partial charge in [-0.3, -0.25) is 9.38 Å². The zero-order valence-electron chi connectivity index (χ0n) is 9.08. The SMILES string of the molecule is Clc1c2cnccc2nc2c1nc1ccncn12. The van der Waals surface area contributed by atoms with Crippen molar-refractivity contribution in [2.45, 2.75) is 0 Å². The van der Waals surface area contributed by atoms with Crippen LogP contribution in [0.3, 0.4) is 0 Å². The van der Waals surface area contributed by atoms with E-state index in [-0.39, 0.29) is 0 Å². The first kappa shape index (κ1) is 9.73. The monoisotopic (exact) mass is 255 g/mol. The molecule has 18 heavy (non-hydrogen) atoms. The number of aromatic nitrogens is 5. The second-order valence-electron chi connectivity index (χ2n) is 3.91. The molecular formula is C12H6ClN5. The molecule has 4 aromatic rings. The van der Waals surface area contributed by atoms with Crippen LogP contribution in [0, 0.1) is 0 Å². The summed E-state index contributed by atoms with van der Waals surface area (Å²) >= 11 is 6.37. The van der Waals surface area contributed by atoms with Gasteiger partial charge in [-0.25, -0.2) is 15.0 Å². The van der Waals surface area contributed by atoms with Gasteiger partial charge in [-0.1, -0.05) is 11.6 Å². The highest BCUT2D eigenvalue weighted by Crippen LogP contribution is 2.29. The lowest BCUT2D eigenvalue weighted by molar-refractivity contribution is 1.10. The molecule has 4 aromatic heterocycles. The smallest absolute Gasteiger partial charge is 0.167 e. The number of halogens is 1. The van der Waals surface area contributed by atoms with Gasteiger partial charge >= 0.3 is 0 Å². The predicted molar refractivity (Wildman–Crippen MR) is 68.6 cm³/mol.